The lowest BCUT2D eigenvalue weighted by Crippen LogP contribution is -2.54. The predicted molar refractivity (Wildman–Crippen MR) is 352 cm³/mol. The van der Waals surface area contributed by atoms with Gasteiger partial charge in [-0.3, -0.25) is 9.59 Å². The van der Waals surface area contributed by atoms with Crippen molar-refractivity contribution in [1.82, 2.24) is 40.4 Å². The first-order chi connectivity index (χ1) is 44.7. The zero-order chi connectivity index (χ0) is 65.2. The number of pyridine rings is 1. The number of hydrogen-bond acceptors (Lipinski definition) is 23. The summed E-state index contributed by atoms with van der Waals surface area (Å²) in [6, 6.07) is 21.8. The van der Waals surface area contributed by atoms with Gasteiger partial charge < -0.3 is 68.5 Å². The molecule has 1 aliphatic carbocycles. The number of nitrogens with two attached hydrogens (primary N) is 1. The number of nitrogen functional groups attached to an aromatic ring is 1. The molecule has 8 atom stereocenters. The molecule has 0 radical (unpaired) electrons. The minimum absolute atomic E-state index is 0.00442. The van der Waals surface area contributed by atoms with Crippen LogP contribution in [-0.2, 0) is 32.7 Å². The van der Waals surface area contributed by atoms with Gasteiger partial charge in [0, 0.05) is 119 Å². The van der Waals surface area contributed by atoms with Gasteiger partial charge in [-0.05, 0) is 119 Å². The molecule has 2 amide bonds. The third-order valence-corrected chi connectivity index (χ3v) is 22.4. The lowest BCUT2D eigenvalue weighted by atomic mass is 9.91. The molecule has 9 heterocycles. The summed E-state index contributed by atoms with van der Waals surface area (Å²) in [7, 11) is -2.73. The monoisotopic (exact) mass is 1310 g/mol. The quantitative estimate of drug-likeness (QED) is 0.0421. The fraction of sp³-hybridized carbons (Fsp3) is 0.552. The van der Waals surface area contributed by atoms with Crippen LogP contribution in [-0.4, -0.2) is 179 Å². The Hall–Kier alpha value is -7.68. The number of likely N-dealkylation sites (tertiary alicyclic amines) is 2. The number of aromatic nitrogens is 5. The molecule has 5 aliphatic heterocycles. The number of carbonyl (C=O) groups excluding carboxylic acids is 3. The van der Waals surface area contributed by atoms with Gasteiger partial charge in [0.1, 0.15) is 36.0 Å². The van der Waals surface area contributed by atoms with Crippen molar-refractivity contribution in [1.29, 1.82) is 0 Å². The molecule has 5 saturated heterocycles. The van der Waals surface area contributed by atoms with E-state index < -0.39 is 56.4 Å². The van der Waals surface area contributed by atoms with E-state index in [0.29, 0.717) is 57.0 Å². The van der Waals surface area contributed by atoms with Crippen LogP contribution < -0.4 is 30.5 Å². The summed E-state index contributed by atoms with van der Waals surface area (Å²) in [4.78, 5) is 62.5. The zero-order valence-electron chi connectivity index (χ0n) is 53.9. The first-order valence-corrected chi connectivity index (χ1v) is 36.0. The smallest absolute Gasteiger partial charge is 0.507 e. The van der Waals surface area contributed by atoms with Crippen LogP contribution >= 0.6 is 10.8 Å². The van der Waals surface area contributed by atoms with Crippen LogP contribution in [0.5, 0.6) is 11.6 Å². The Kier molecular flexibility index (Phi) is 19.8. The first-order valence-electron chi connectivity index (χ1n) is 32.7. The number of oxazole rings is 1. The number of hydrogen-bond donors (Lipinski definition) is 3. The lowest BCUT2D eigenvalue weighted by molar-refractivity contribution is -0.141. The number of ether oxygens (including phenoxy) is 4. The topological polar surface area (TPSA) is 287 Å². The van der Waals surface area contributed by atoms with E-state index in [9.17, 15) is 27.9 Å². The van der Waals surface area contributed by atoms with Crippen molar-refractivity contribution in [2.45, 2.75) is 165 Å². The van der Waals surface area contributed by atoms with Gasteiger partial charge in [-0.25, -0.2) is 23.2 Å². The Labute approximate surface area is 546 Å². The van der Waals surface area contributed by atoms with Crippen LogP contribution in [0.2, 0.25) is 0 Å². The Bertz CT molecular complexity index is 3690. The number of amides is 2. The van der Waals surface area contributed by atoms with Crippen molar-refractivity contribution in [3.05, 3.63) is 102 Å². The standard InChI is InChI=1S/C67H86N12O12S2/c1-39(2)62(66(82)78-37-53(90-67(83)87-42(5)43(6)92-93(7,84)85)31-57(78)65(81)71-40(3)45-12-14-46(15-13-45)63-41(4)70-38-86-63)59-33-60(74-91-59)76-26-19-44(20-27-76)34-75-24-21-50(22-25-75)88-51-29-52(30-51)89-61-28-47(18-23-69-61)79-48-16-17-49(79)36-77(35-48)56-32-55(72-73-64(56)68)54-10-8-9-11-58(54)80/h8-15,18,23,28,32-33,38-40,42-44,48-53,57,62,80H,16-17,19-22,24-27,29-31,34-37H2,1-7H3,(H2,68,73)(H,71,81)/t40-,42?,43?,48?,49?,51?,52?,53+,57-,62?/m0/s1. The summed E-state index contributed by atoms with van der Waals surface area (Å²) in [5.41, 5.74) is 12.0. The number of piperidine rings is 2. The number of aromatic hydroxyl groups is 1. The van der Waals surface area contributed by atoms with E-state index in [1.807, 2.05) is 82.4 Å². The maximum absolute atomic E-state index is 15.0. The van der Waals surface area contributed by atoms with E-state index in [4.69, 9.17) is 33.6 Å². The molecule has 4 aromatic heterocycles. The maximum atomic E-state index is 15.0. The number of piperazine rings is 1. The van der Waals surface area contributed by atoms with E-state index in [1.165, 1.54) is 11.3 Å². The van der Waals surface area contributed by atoms with Crippen molar-refractivity contribution in [2.24, 2.45) is 11.8 Å². The molecule has 93 heavy (non-hydrogen) atoms. The molecule has 4 N–H and O–H groups in total. The molecule has 2 aromatic carbocycles. The highest BCUT2D eigenvalue weighted by molar-refractivity contribution is 8.72. The number of nitrogens with zero attached hydrogens (tertiary/aromatic N) is 10. The van der Waals surface area contributed by atoms with Crippen LogP contribution in [0.1, 0.15) is 121 Å². The summed E-state index contributed by atoms with van der Waals surface area (Å²) < 4.78 is 59.9. The summed E-state index contributed by atoms with van der Waals surface area (Å²) in [5.74, 6) is 1.55. The van der Waals surface area contributed by atoms with Gasteiger partial charge in [0.15, 0.2) is 38.4 Å². The Morgan fingerprint density at radius 1 is 0.817 bits per heavy atom. The van der Waals surface area contributed by atoms with E-state index >= 15 is 0 Å². The summed E-state index contributed by atoms with van der Waals surface area (Å²) in [5, 5.41) is 26.1. The molecule has 5 unspecified atom stereocenters. The van der Waals surface area contributed by atoms with Gasteiger partial charge >= 0.3 is 6.16 Å². The van der Waals surface area contributed by atoms with Gasteiger partial charge in [0.05, 0.1) is 47.1 Å². The SMILES string of the molecule is Cc1ncoc1-c1ccc([C@H](C)NC(=O)[C@@H]2C[C@@H](OC(=O)OC(C)C(C)SS(C)(=O)=O)CN2C(=O)C(c2cc(N3CCC(CN4CCC(OC5CC(Oc6cc(N7C8CCC7CN(c7cc(-c9ccccc9O)nnc7N)C8)ccn6)C5)CC4)CC3)no2)C(C)C)cc1. The van der Waals surface area contributed by atoms with E-state index in [2.05, 4.69) is 62.4 Å². The predicted octanol–water partition coefficient (Wildman–Crippen LogP) is 9.15. The van der Waals surface area contributed by atoms with Crippen molar-refractivity contribution in [3.63, 3.8) is 0 Å². The number of carbonyl (C=O) groups is 3. The molecule has 0 spiro atoms. The Balaban J connectivity index is 0.592. The molecule has 6 aromatic rings. The molecule has 24 nitrogen and oxygen atoms in total. The van der Waals surface area contributed by atoms with Crippen molar-refractivity contribution in [2.75, 3.05) is 79.0 Å². The van der Waals surface area contributed by atoms with Gasteiger partial charge in [-0.15, -0.1) is 10.2 Å². The largest absolute Gasteiger partial charge is 0.508 e. The summed E-state index contributed by atoms with van der Waals surface area (Å²) in [6.07, 6.45) is 9.84. The molecule has 6 aliphatic rings. The number of para-hydroxylation sites is 1. The summed E-state index contributed by atoms with van der Waals surface area (Å²) in [6.45, 7) is 16.9. The van der Waals surface area contributed by atoms with Crippen LogP contribution in [0.15, 0.2) is 94.3 Å². The van der Waals surface area contributed by atoms with Gasteiger partial charge in [-0.1, -0.05) is 55.4 Å². The Morgan fingerprint density at radius 2 is 1.55 bits per heavy atom. The minimum atomic E-state index is -3.42. The van der Waals surface area contributed by atoms with E-state index in [0.717, 1.165) is 132 Å². The Morgan fingerprint density at radius 3 is 2.24 bits per heavy atom. The van der Waals surface area contributed by atoms with Crippen LogP contribution in [0.25, 0.3) is 22.6 Å². The number of phenols is 1. The number of phenolic OH excluding ortho intramolecular Hbond substituents is 1. The van der Waals surface area contributed by atoms with E-state index in [-0.39, 0.29) is 60.9 Å². The molecule has 1 saturated carbocycles. The van der Waals surface area contributed by atoms with Gasteiger partial charge in [-0.2, -0.15) is 0 Å². The van der Waals surface area contributed by atoms with Crippen molar-refractivity contribution >= 4 is 60.6 Å². The molecule has 26 heteroatoms. The highest BCUT2D eigenvalue weighted by atomic mass is 33.1. The van der Waals surface area contributed by atoms with Gasteiger partial charge in [0.2, 0.25) is 17.7 Å². The number of aryl methyl sites for hydroxylation is 1. The second-order valence-corrected chi connectivity index (χ2v) is 31.2. The highest BCUT2D eigenvalue weighted by Crippen LogP contribution is 2.42. The average Bonchev–Trinajstić information content (AvgIpc) is 1.70. The number of nitrogens with one attached hydrogen (secondary N) is 1. The van der Waals surface area contributed by atoms with Crippen LogP contribution in [0.3, 0.4) is 0 Å². The van der Waals surface area contributed by atoms with Crippen LogP contribution in [0.4, 0.5) is 27.8 Å². The average molecular weight is 1320 g/mol. The fourth-order valence-electron chi connectivity index (χ4n) is 14.2. The molecule has 2 bridgehead atoms. The number of benzene rings is 2. The van der Waals surface area contributed by atoms with Gasteiger partial charge in [0.25, 0.3) is 0 Å². The molecular weight excluding hydrogens is 1230 g/mol. The molecule has 498 valence electrons. The molecular formula is C67H86N12O12S2. The number of rotatable bonds is 22. The van der Waals surface area contributed by atoms with E-state index in [1.54, 1.807) is 26.0 Å². The molecule has 6 fully saturated rings. The lowest BCUT2D eigenvalue weighted by Gasteiger charge is -2.43. The second-order valence-electron chi connectivity index (χ2n) is 26.5. The third kappa shape index (κ3) is 15.3. The normalized spacial score (nSPS) is 23.5. The van der Waals surface area contributed by atoms with Crippen LogP contribution in [0, 0.1) is 18.8 Å². The first kappa shape index (κ1) is 65.4. The second kappa shape index (κ2) is 28.1. The molecule has 12 rings (SSSR count). The number of anilines is 4. The van der Waals surface area contributed by atoms with Crippen molar-refractivity contribution < 1.29 is 55.8 Å². The highest BCUT2D eigenvalue weighted by Gasteiger charge is 2.47. The number of fused-ring (bicyclic) bond motifs is 2. The maximum Gasteiger partial charge on any atom is 0.508 e. The van der Waals surface area contributed by atoms with Crippen molar-refractivity contribution in [3.8, 4) is 34.2 Å². The summed E-state index contributed by atoms with van der Waals surface area (Å²) >= 11 is 0. The third-order valence-electron chi connectivity index (χ3n) is 19.4. The minimum Gasteiger partial charge on any atom is -0.507 e. The fourth-order valence-corrected chi connectivity index (χ4v) is 17.1. The zero-order valence-corrected chi connectivity index (χ0v) is 55.5.